The van der Waals surface area contributed by atoms with Crippen LogP contribution in [-0.2, 0) is 30.6 Å². The van der Waals surface area contributed by atoms with Gasteiger partial charge in [0, 0.05) is 56.9 Å². The van der Waals surface area contributed by atoms with Gasteiger partial charge in [0.1, 0.15) is 0 Å². The number of rotatable bonds is 7. The summed E-state index contributed by atoms with van der Waals surface area (Å²) in [5, 5.41) is 3.88. The predicted octanol–water partition coefficient (Wildman–Crippen LogP) is 3.30. The Kier molecular flexibility index (Phi) is 5.96. The van der Waals surface area contributed by atoms with Gasteiger partial charge in [-0.1, -0.05) is 25.9 Å². The van der Waals surface area contributed by atoms with Gasteiger partial charge in [0.05, 0.1) is 6.42 Å². The Morgan fingerprint density at radius 2 is 2.00 bits per heavy atom. The lowest BCUT2D eigenvalue weighted by Gasteiger charge is -2.30. The van der Waals surface area contributed by atoms with Gasteiger partial charge in [0.25, 0.3) is 0 Å². The van der Waals surface area contributed by atoms with Gasteiger partial charge < -0.3 is 14.0 Å². The monoisotopic (exact) mass is 400 g/mol. The maximum atomic E-state index is 13.0. The molecule has 0 atom stereocenters. The van der Waals surface area contributed by atoms with Crippen LogP contribution in [0.25, 0.3) is 0 Å². The fraction of sp³-hybridized carbons (Fsp3) is 0.636. The number of aromatic nitrogens is 3. The first kappa shape index (κ1) is 21.3. The van der Waals surface area contributed by atoms with Crippen molar-refractivity contribution in [1.29, 1.82) is 0 Å². The molecule has 2 aromatic rings. The third-order valence-corrected chi connectivity index (χ3v) is 5.76. The summed E-state index contributed by atoms with van der Waals surface area (Å²) in [7, 11) is 1.78. The fourth-order valence-electron chi connectivity index (χ4n) is 4.27. The minimum absolute atomic E-state index is 0.00222. The Morgan fingerprint density at radius 1 is 1.28 bits per heavy atom. The normalized spacial score (nSPS) is 15.4. The minimum atomic E-state index is -0.0405. The summed E-state index contributed by atoms with van der Waals surface area (Å²) < 4.78 is 7.24. The van der Waals surface area contributed by atoms with E-state index in [2.05, 4.69) is 35.5 Å². The second kappa shape index (κ2) is 8.13. The van der Waals surface area contributed by atoms with E-state index in [9.17, 15) is 9.59 Å². The van der Waals surface area contributed by atoms with E-state index in [1.807, 2.05) is 6.92 Å². The number of likely N-dealkylation sites (N-methyl/N-ethyl adjacent to an activating group) is 1. The molecule has 29 heavy (non-hydrogen) atoms. The average molecular weight is 401 g/mol. The van der Waals surface area contributed by atoms with E-state index in [1.165, 1.54) is 0 Å². The first-order chi connectivity index (χ1) is 13.6. The van der Waals surface area contributed by atoms with Crippen molar-refractivity contribution >= 4 is 11.7 Å². The number of Topliss-reactive ketones (excluding diaryl/α,β-unsaturated/α-hetero) is 1. The molecule has 0 radical (unpaired) electrons. The Bertz CT molecular complexity index is 923. The van der Waals surface area contributed by atoms with Gasteiger partial charge in [-0.3, -0.25) is 9.59 Å². The standard InChI is InChI=1S/C22H32N4O3/c1-7-9-26-14(2)16(21-17(26)12-22(4,5)13-18(21)27)11-20(28)25(6)10-8-19-23-15(3)29-24-19/h7-13H2,1-6H3. The van der Waals surface area contributed by atoms with Crippen LogP contribution in [0, 0.1) is 19.3 Å². The quantitative estimate of drug-likeness (QED) is 0.712. The highest BCUT2D eigenvalue weighted by atomic mass is 16.5. The van der Waals surface area contributed by atoms with Crippen molar-refractivity contribution in [3.63, 3.8) is 0 Å². The zero-order valence-electron chi connectivity index (χ0n) is 18.5. The molecule has 158 valence electrons. The third-order valence-electron chi connectivity index (χ3n) is 5.76. The van der Waals surface area contributed by atoms with Crippen LogP contribution in [0.3, 0.4) is 0 Å². The molecule has 1 amide bonds. The van der Waals surface area contributed by atoms with Crippen LogP contribution in [-0.4, -0.2) is 44.9 Å². The predicted molar refractivity (Wildman–Crippen MR) is 110 cm³/mol. The van der Waals surface area contributed by atoms with E-state index >= 15 is 0 Å². The smallest absolute Gasteiger partial charge is 0.226 e. The lowest BCUT2D eigenvalue weighted by atomic mass is 9.75. The van der Waals surface area contributed by atoms with Crippen molar-refractivity contribution in [1.82, 2.24) is 19.6 Å². The van der Waals surface area contributed by atoms with E-state index in [1.54, 1.807) is 18.9 Å². The van der Waals surface area contributed by atoms with Crippen molar-refractivity contribution in [2.24, 2.45) is 5.41 Å². The topological polar surface area (TPSA) is 81.2 Å². The van der Waals surface area contributed by atoms with Crippen LogP contribution >= 0.6 is 0 Å². The van der Waals surface area contributed by atoms with Crippen LogP contribution < -0.4 is 0 Å². The van der Waals surface area contributed by atoms with Crippen molar-refractivity contribution in [3.05, 3.63) is 34.2 Å². The lowest BCUT2D eigenvalue weighted by molar-refractivity contribution is -0.129. The number of carbonyl (C=O) groups is 2. The molecule has 7 nitrogen and oxygen atoms in total. The van der Waals surface area contributed by atoms with Gasteiger partial charge in [0.15, 0.2) is 11.6 Å². The van der Waals surface area contributed by atoms with E-state index in [0.29, 0.717) is 31.1 Å². The molecule has 0 unspecified atom stereocenters. The molecule has 0 bridgehead atoms. The van der Waals surface area contributed by atoms with Gasteiger partial charge in [-0.15, -0.1) is 0 Å². The fourth-order valence-corrected chi connectivity index (χ4v) is 4.27. The van der Waals surface area contributed by atoms with E-state index in [0.717, 1.165) is 41.9 Å². The van der Waals surface area contributed by atoms with Crippen LogP contribution in [0.15, 0.2) is 4.52 Å². The summed E-state index contributed by atoms with van der Waals surface area (Å²) in [4.78, 5) is 31.8. The summed E-state index contributed by atoms with van der Waals surface area (Å²) in [6.45, 7) is 11.6. The average Bonchev–Trinajstić information content (AvgIpc) is 3.15. The van der Waals surface area contributed by atoms with Gasteiger partial charge in [-0.2, -0.15) is 4.98 Å². The summed E-state index contributed by atoms with van der Waals surface area (Å²) in [6.07, 6.45) is 3.19. The summed E-state index contributed by atoms with van der Waals surface area (Å²) in [5.41, 5.74) is 3.82. The second-order valence-corrected chi connectivity index (χ2v) is 8.95. The Labute approximate surface area is 172 Å². The summed E-state index contributed by atoms with van der Waals surface area (Å²) in [5.74, 6) is 1.29. The largest absolute Gasteiger partial charge is 0.348 e. The van der Waals surface area contributed by atoms with E-state index < -0.39 is 0 Å². The first-order valence-electron chi connectivity index (χ1n) is 10.4. The van der Waals surface area contributed by atoms with Gasteiger partial charge in [0.2, 0.25) is 11.8 Å². The number of hydrogen-bond donors (Lipinski definition) is 0. The SMILES string of the molecule is CCCn1c(C)c(CC(=O)N(C)CCc2noc(C)n2)c2c1CC(C)(C)CC2=O. The molecule has 0 fully saturated rings. The van der Waals surface area contributed by atoms with Crippen LogP contribution in [0.2, 0.25) is 0 Å². The molecule has 7 heteroatoms. The molecule has 2 aromatic heterocycles. The second-order valence-electron chi connectivity index (χ2n) is 8.95. The molecule has 0 N–H and O–H groups in total. The molecule has 1 aliphatic carbocycles. The molecular formula is C22H32N4O3. The van der Waals surface area contributed by atoms with Crippen molar-refractivity contribution in [3.8, 4) is 0 Å². The van der Waals surface area contributed by atoms with Gasteiger partial charge in [-0.25, -0.2) is 0 Å². The first-order valence-corrected chi connectivity index (χ1v) is 10.4. The molecule has 2 heterocycles. The summed E-state index contributed by atoms with van der Waals surface area (Å²) in [6, 6.07) is 0. The molecule has 1 aliphatic rings. The summed E-state index contributed by atoms with van der Waals surface area (Å²) >= 11 is 0. The molecule has 3 rings (SSSR count). The Hall–Kier alpha value is -2.44. The maximum Gasteiger partial charge on any atom is 0.226 e. The molecule has 0 saturated carbocycles. The number of ketones is 1. The molecular weight excluding hydrogens is 368 g/mol. The minimum Gasteiger partial charge on any atom is -0.348 e. The van der Waals surface area contributed by atoms with Crippen molar-refractivity contribution in [2.75, 3.05) is 13.6 Å². The van der Waals surface area contributed by atoms with Crippen molar-refractivity contribution in [2.45, 2.75) is 73.3 Å². The van der Waals surface area contributed by atoms with Crippen molar-refractivity contribution < 1.29 is 14.1 Å². The van der Waals surface area contributed by atoms with Crippen LogP contribution in [0.4, 0.5) is 0 Å². The van der Waals surface area contributed by atoms with E-state index in [-0.39, 0.29) is 23.5 Å². The number of amides is 1. The van der Waals surface area contributed by atoms with E-state index in [4.69, 9.17) is 4.52 Å². The van der Waals surface area contributed by atoms with Gasteiger partial charge in [-0.05, 0) is 30.7 Å². The highest BCUT2D eigenvalue weighted by Crippen LogP contribution is 2.39. The molecule has 0 aliphatic heterocycles. The molecule has 0 aromatic carbocycles. The third kappa shape index (κ3) is 4.43. The zero-order chi connectivity index (χ0) is 21.3. The number of nitrogens with zero attached hydrogens (tertiary/aromatic N) is 4. The maximum absolute atomic E-state index is 13.0. The van der Waals surface area contributed by atoms with Gasteiger partial charge >= 0.3 is 0 Å². The number of carbonyl (C=O) groups excluding carboxylic acids is 2. The molecule has 0 spiro atoms. The highest BCUT2D eigenvalue weighted by Gasteiger charge is 2.37. The Balaban J connectivity index is 1.81. The lowest BCUT2D eigenvalue weighted by Crippen LogP contribution is -2.32. The Morgan fingerprint density at radius 3 is 2.62 bits per heavy atom. The number of hydrogen-bond acceptors (Lipinski definition) is 5. The van der Waals surface area contributed by atoms with Crippen LogP contribution in [0.5, 0.6) is 0 Å². The van der Waals surface area contributed by atoms with Crippen LogP contribution in [0.1, 0.15) is 72.6 Å². The number of fused-ring (bicyclic) bond motifs is 1. The zero-order valence-corrected chi connectivity index (χ0v) is 18.5. The highest BCUT2D eigenvalue weighted by molar-refractivity contribution is 6.01. The molecule has 0 saturated heterocycles. The number of aryl methyl sites for hydroxylation is 1.